The summed E-state index contributed by atoms with van der Waals surface area (Å²) in [7, 11) is 4.11. The van der Waals surface area contributed by atoms with Crippen LogP contribution >= 0.6 is 23.2 Å². The number of nitrogens with zero attached hydrogens (tertiary/aromatic N) is 5. The maximum atomic E-state index is 14.5. The van der Waals surface area contributed by atoms with E-state index in [9.17, 15) is 48.9 Å². The van der Waals surface area contributed by atoms with Gasteiger partial charge in [0.1, 0.15) is 5.82 Å². The minimum Gasteiger partial charge on any atom is -0.504 e. The predicted octanol–water partition coefficient (Wildman–Crippen LogP) is 5.74. The Morgan fingerprint density at radius 1 is 0.909 bits per heavy atom. The third-order valence-corrected chi connectivity index (χ3v) is 12.2. The number of ether oxygens (including phenoxy) is 1. The van der Waals surface area contributed by atoms with Crippen molar-refractivity contribution in [3.05, 3.63) is 104 Å². The van der Waals surface area contributed by atoms with Crippen LogP contribution in [0.5, 0.6) is 11.5 Å². The van der Waals surface area contributed by atoms with Gasteiger partial charge in [0.25, 0.3) is 11.8 Å². The Bertz CT molecular complexity index is 2270. The number of hydrogen-bond acceptors (Lipinski definition) is 11. The molecule has 4 aliphatic rings. The van der Waals surface area contributed by atoms with Gasteiger partial charge in [0.15, 0.2) is 26.9 Å². The molecule has 0 aromatic heterocycles. The van der Waals surface area contributed by atoms with Crippen molar-refractivity contribution < 1.29 is 43.3 Å². The lowest BCUT2D eigenvalue weighted by atomic mass is 9.57. The molecule has 2 aliphatic heterocycles. The highest BCUT2D eigenvalue weighted by Crippen LogP contribution is 2.64. The van der Waals surface area contributed by atoms with Crippen molar-refractivity contribution >= 4 is 81.3 Å². The largest absolute Gasteiger partial charge is 0.504 e. The number of nitro groups is 2. The number of anilines is 3. The highest BCUT2D eigenvalue weighted by molar-refractivity contribution is 6.58. The topological polar surface area (TPSA) is 194 Å². The highest BCUT2D eigenvalue weighted by Gasteiger charge is 2.76. The molecule has 15 nitrogen and oxygen atoms in total. The van der Waals surface area contributed by atoms with E-state index < -0.39 is 90.5 Å². The number of hydrogen-bond donors (Lipinski definition) is 1. The number of nitro benzene ring substituents is 2. The molecule has 0 bridgehead atoms. The number of alkyl halides is 2. The van der Waals surface area contributed by atoms with Crippen LogP contribution in [0.4, 0.5) is 32.8 Å². The van der Waals surface area contributed by atoms with Gasteiger partial charge < -0.3 is 14.7 Å². The van der Waals surface area contributed by atoms with Gasteiger partial charge in [-0.2, -0.15) is 0 Å². The first-order chi connectivity index (χ1) is 26.0. The van der Waals surface area contributed by atoms with Crippen molar-refractivity contribution in [3.8, 4) is 11.5 Å². The molecular formula is C37H30Cl2FN5O10. The smallest absolute Gasteiger partial charge is 0.301 e. The molecule has 284 valence electrons. The van der Waals surface area contributed by atoms with Gasteiger partial charge in [0.05, 0.1) is 40.2 Å². The molecule has 4 amide bonds. The molecule has 18 heteroatoms. The van der Waals surface area contributed by atoms with E-state index in [1.165, 1.54) is 50.4 Å². The van der Waals surface area contributed by atoms with E-state index in [0.29, 0.717) is 16.0 Å². The normalized spacial score (nSPS) is 27.2. The van der Waals surface area contributed by atoms with E-state index >= 15 is 0 Å². The van der Waals surface area contributed by atoms with Crippen LogP contribution in [0.3, 0.4) is 0 Å². The maximum absolute atomic E-state index is 14.5. The molecule has 0 spiro atoms. The lowest BCUT2D eigenvalue weighted by Gasteiger charge is -2.49. The number of halogens is 3. The zero-order chi connectivity index (χ0) is 39.9. The number of phenolic OH excluding ortho intramolecular Hbond substituents is 1. The van der Waals surface area contributed by atoms with E-state index in [-0.39, 0.29) is 35.0 Å². The predicted molar refractivity (Wildman–Crippen MR) is 198 cm³/mol. The lowest BCUT2D eigenvalue weighted by molar-refractivity contribution is -0.392. The van der Waals surface area contributed by atoms with Crippen molar-refractivity contribution in [2.45, 2.75) is 22.6 Å². The molecular weight excluding hydrogens is 764 g/mol. The maximum Gasteiger partial charge on any atom is 0.301 e. The van der Waals surface area contributed by atoms with Gasteiger partial charge in [-0.1, -0.05) is 29.9 Å². The number of carbonyl (C=O) groups excluding carboxylic acids is 4. The summed E-state index contributed by atoms with van der Waals surface area (Å²) in [4.78, 5) is 78.2. The molecule has 55 heavy (non-hydrogen) atoms. The van der Waals surface area contributed by atoms with E-state index in [1.807, 2.05) is 0 Å². The SMILES string of the molecule is COc1cc(C=CC2C3=CCC4C(=O)N(c5cc([N+](=O)[O-])c(N(C)C)c([N+](=O)[O-])c5)C(=O)C4C3CC3(Cl)C(=O)N(c4ccc(F)cc4)C(=O)C23Cl)ccc1O. The van der Waals surface area contributed by atoms with Gasteiger partial charge in [0.2, 0.25) is 11.8 Å². The Hall–Kier alpha value is -5.87. The molecule has 3 fully saturated rings. The first-order valence-corrected chi connectivity index (χ1v) is 17.5. The summed E-state index contributed by atoms with van der Waals surface area (Å²) >= 11 is 14.7. The number of phenols is 1. The minimum absolute atomic E-state index is 0.00525. The summed E-state index contributed by atoms with van der Waals surface area (Å²) in [5, 5.41) is 34.4. The first kappa shape index (κ1) is 37.4. The first-order valence-electron chi connectivity index (χ1n) is 16.8. The summed E-state index contributed by atoms with van der Waals surface area (Å²) in [5.74, 6) is -8.56. The Balaban J connectivity index is 1.36. The molecule has 0 radical (unpaired) electrons. The number of carbonyl (C=O) groups is 4. The van der Waals surface area contributed by atoms with Crippen LogP contribution in [0.15, 0.2) is 72.3 Å². The molecule has 2 saturated heterocycles. The van der Waals surface area contributed by atoms with Crippen molar-refractivity contribution in [1.82, 2.24) is 0 Å². The van der Waals surface area contributed by atoms with Crippen LogP contribution in [0, 0.1) is 49.7 Å². The second-order valence-electron chi connectivity index (χ2n) is 13.8. The number of allylic oxidation sites excluding steroid dienone is 3. The number of methoxy groups -OCH3 is 1. The fourth-order valence-electron chi connectivity index (χ4n) is 8.36. The molecule has 1 saturated carbocycles. The summed E-state index contributed by atoms with van der Waals surface area (Å²) < 4.78 is 19.1. The summed E-state index contributed by atoms with van der Waals surface area (Å²) in [6.45, 7) is 0. The van der Waals surface area contributed by atoms with E-state index in [2.05, 4.69) is 0 Å². The molecule has 6 unspecified atom stereocenters. The van der Waals surface area contributed by atoms with Gasteiger partial charge in [-0.25, -0.2) is 14.2 Å². The minimum atomic E-state index is -2.23. The zero-order valence-corrected chi connectivity index (χ0v) is 30.7. The number of aromatic hydroxyl groups is 1. The third kappa shape index (κ3) is 5.45. The van der Waals surface area contributed by atoms with Crippen LogP contribution in [0.2, 0.25) is 0 Å². The van der Waals surface area contributed by atoms with Gasteiger partial charge in [-0.3, -0.25) is 39.4 Å². The molecule has 6 atom stereocenters. The summed E-state index contributed by atoms with van der Waals surface area (Å²) in [6.07, 6.45) is 4.31. The van der Waals surface area contributed by atoms with E-state index in [4.69, 9.17) is 27.9 Å². The fraction of sp³-hybridized carbons (Fsp3) is 0.297. The molecule has 3 aromatic carbocycles. The van der Waals surface area contributed by atoms with Crippen LogP contribution in [-0.4, -0.2) is 69.5 Å². The molecule has 1 N–H and O–H groups in total. The third-order valence-electron chi connectivity index (χ3n) is 10.8. The lowest BCUT2D eigenvalue weighted by Crippen LogP contribution is -2.60. The highest BCUT2D eigenvalue weighted by atomic mass is 35.5. The monoisotopic (exact) mass is 793 g/mol. The number of rotatable bonds is 8. The Kier molecular flexibility index (Phi) is 8.96. The summed E-state index contributed by atoms with van der Waals surface area (Å²) in [6, 6.07) is 10.8. The molecule has 2 heterocycles. The number of benzene rings is 3. The second kappa shape index (κ2) is 13.2. The standard InChI is InChI=1S/C37H30Cl2FN5O10/c1-41(2)31-26(44(51)52)15-21(16-27(31)45(53)54)42-32(47)23-11-10-22-24(30(23)33(42)48)17-36(38)34(49)43(20-8-6-19(40)7-9-20)35(50)37(36,39)25(22)12-4-18-5-13-28(46)29(14-18)55-3/h4-10,12-16,23-25,30,46H,11,17H2,1-3H3. The van der Waals surface area contributed by atoms with Crippen LogP contribution in [0.25, 0.3) is 6.08 Å². The van der Waals surface area contributed by atoms with Gasteiger partial charge >= 0.3 is 11.4 Å². The molecule has 3 aromatic rings. The van der Waals surface area contributed by atoms with E-state index in [1.54, 1.807) is 24.3 Å². The fourth-order valence-corrected chi connectivity index (χ4v) is 9.25. The average molecular weight is 795 g/mol. The number of fused-ring (bicyclic) bond motifs is 4. The van der Waals surface area contributed by atoms with Gasteiger partial charge in [-0.15, -0.1) is 23.2 Å². The van der Waals surface area contributed by atoms with Crippen molar-refractivity contribution in [3.63, 3.8) is 0 Å². The quantitative estimate of drug-likeness (QED) is 0.0962. The Morgan fingerprint density at radius 3 is 2.13 bits per heavy atom. The van der Waals surface area contributed by atoms with Crippen molar-refractivity contribution in [1.29, 1.82) is 0 Å². The average Bonchev–Trinajstić information content (AvgIpc) is 3.48. The van der Waals surface area contributed by atoms with Crippen molar-refractivity contribution in [2.75, 3.05) is 35.9 Å². The second-order valence-corrected chi connectivity index (χ2v) is 15.1. The van der Waals surface area contributed by atoms with Gasteiger partial charge in [0, 0.05) is 32.1 Å². The Morgan fingerprint density at radius 2 is 1.55 bits per heavy atom. The van der Waals surface area contributed by atoms with E-state index in [0.717, 1.165) is 29.2 Å². The Labute approximate surface area is 321 Å². The molecule has 2 aliphatic carbocycles. The summed E-state index contributed by atoms with van der Waals surface area (Å²) in [5.41, 5.74) is -1.25. The van der Waals surface area contributed by atoms with Gasteiger partial charge in [-0.05, 0) is 60.7 Å². The zero-order valence-electron chi connectivity index (χ0n) is 29.1. The number of imide groups is 2. The van der Waals surface area contributed by atoms with Crippen molar-refractivity contribution in [2.24, 2.45) is 23.7 Å². The van der Waals surface area contributed by atoms with Crippen LogP contribution < -0.4 is 19.4 Å². The molecule has 7 rings (SSSR count). The van der Waals surface area contributed by atoms with Crippen LogP contribution in [-0.2, 0) is 19.2 Å². The number of amides is 4. The van der Waals surface area contributed by atoms with Crippen LogP contribution in [0.1, 0.15) is 18.4 Å².